The fraction of sp³-hybridized carbons (Fsp3) is 0.583. The molecule has 0 spiro atoms. The number of pyridine rings is 1. The Morgan fingerprint density at radius 2 is 2.19 bits per heavy atom. The molecule has 0 aliphatic rings. The number of rotatable bonds is 5. The second-order valence-corrected chi connectivity index (χ2v) is 4.39. The van der Waals surface area contributed by atoms with Gasteiger partial charge in [-0.2, -0.15) is 0 Å². The smallest absolute Gasteiger partial charge is 0.149 e. The van der Waals surface area contributed by atoms with Crippen LogP contribution in [0.15, 0.2) is 12.3 Å². The van der Waals surface area contributed by atoms with Crippen molar-refractivity contribution >= 4 is 11.5 Å². The molecule has 0 aromatic carbocycles. The highest BCUT2D eigenvalue weighted by molar-refractivity contribution is 5.64. The molecule has 1 rings (SSSR count). The van der Waals surface area contributed by atoms with E-state index in [4.69, 9.17) is 5.73 Å². The maximum atomic E-state index is 5.92. The van der Waals surface area contributed by atoms with Gasteiger partial charge in [0.05, 0.1) is 5.69 Å². The Bertz CT molecular complexity index is 336. The van der Waals surface area contributed by atoms with E-state index < -0.39 is 0 Å². The number of aryl methyl sites for hydroxylation is 1. The second-order valence-electron chi connectivity index (χ2n) is 4.39. The molecule has 0 aliphatic carbocycles. The number of likely N-dealkylation sites (N-methyl/N-ethyl adjacent to an activating group) is 1. The van der Waals surface area contributed by atoms with Crippen LogP contribution in [0.2, 0.25) is 0 Å². The van der Waals surface area contributed by atoms with Gasteiger partial charge in [-0.1, -0.05) is 0 Å². The lowest BCUT2D eigenvalue weighted by Gasteiger charge is -2.21. The van der Waals surface area contributed by atoms with Crippen molar-refractivity contribution < 1.29 is 0 Å². The van der Waals surface area contributed by atoms with Crippen molar-refractivity contribution in [1.29, 1.82) is 0 Å². The standard InChI is InChI=1S/C12H22N4/c1-9(2)16(4)8-7-15-12-11(13)10(3)5-6-14-12/h5-6,9H,7-8,13H2,1-4H3,(H,14,15). The van der Waals surface area contributed by atoms with Gasteiger partial charge < -0.3 is 16.0 Å². The molecule has 0 fully saturated rings. The molecule has 0 radical (unpaired) electrons. The molecular weight excluding hydrogens is 200 g/mol. The number of aromatic nitrogens is 1. The highest BCUT2D eigenvalue weighted by atomic mass is 15.1. The lowest BCUT2D eigenvalue weighted by molar-refractivity contribution is 0.284. The van der Waals surface area contributed by atoms with Gasteiger partial charge in [-0.3, -0.25) is 0 Å². The van der Waals surface area contributed by atoms with Crippen LogP contribution in [0.1, 0.15) is 19.4 Å². The van der Waals surface area contributed by atoms with Crippen LogP contribution in [0.4, 0.5) is 11.5 Å². The number of nitrogens with one attached hydrogen (secondary N) is 1. The van der Waals surface area contributed by atoms with Crippen molar-refractivity contribution in [2.75, 3.05) is 31.2 Å². The minimum Gasteiger partial charge on any atom is -0.396 e. The van der Waals surface area contributed by atoms with Crippen LogP contribution in [-0.2, 0) is 0 Å². The van der Waals surface area contributed by atoms with E-state index in [1.807, 2.05) is 13.0 Å². The van der Waals surface area contributed by atoms with E-state index in [1.165, 1.54) is 0 Å². The number of hydrogen-bond donors (Lipinski definition) is 2. The zero-order valence-electron chi connectivity index (χ0n) is 10.6. The van der Waals surface area contributed by atoms with E-state index >= 15 is 0 Å². The second kappa shape index (κ2) is 5.70. The Balaban J connectivity index is 2.46. The van der Waals surface area contributed by atoms with Crippen molar-refractivity contribution in [3.8, 4) is 0 Å². The third-order valence-electron chi connectivity index (χ3n) is 2.85. The highest BCUT2D eigenvalue weighted by Gasteiger charge is 2.04. The van der Waals surface area contributed by atoms with Gasteiger partial charge in [0.1, 0.15) is 5.82 Å². The summed E-state index contributed by atoms with van der Waals surface area (Å²) in [6, 6.07) is 2.48. The summed E-state index contributed by atoms with van der Waals surface area (Å²) < 4.78 is 0. The van der Waals surface area contributed by atoms with E-state index in [0.717, 1.165) is 30.2 Å². The van der Waals surface area contributed by atoms with Crippen molar-refractivity contribution in [3.63, 3.8) is 0 Å². The predicted octanol–water partition coefficient (Wildman–Crippen LogP) is 1.72. The number of nitrogen functional groups attached to an aromatic ring is 1. The van der Waals surface area contributed by atoms with Crippen LogP contribution >= 0.6 is 0 Å². The van der Waals surface area contributed by atoms with Crippen LogP contribution < -0.4 is 11.1 Å². The molecule has 1 heterocycles. The van der Waals surface area contributed by atoms with Crippen molar-refractivity contribution in [3.05, 3.63) is 17.8 Å². The van der Waals surface area contributed by atoms with Gasteiger partial charge in [0.2, 0.25) is 0 Å². The first-order chi connectivity index (χ1) is 7.52. The molecule has 90 valence electrons. The summed E-state index contributed by atoms with van der Waals surface area (Å²) in [5, 5.41) is 3.26. The zero-order chi connectivity index (χ0) is 12.1. The number of hydrogen-bond acceptors (Lipinski definition) is 4. The molecule has 4 nitrogen and oxygen atoms in total. The molecule has 0 bridgehead atoms. The van der Waals surface area contributed by atoms with Crippen molar-refractivity contribution in [2.45, 2.75) is 26.8 Å². The minimum absolute atomic E-state index is 0.560. The third kappa shape index (κ3) is 3.38. The maximum Gasteiger partial charge on any atom is 0.149 e. The summed E-state index contributed by atoms with van der Waals surface area (Å²) in [5.41, 5.74) is 7.73. The van der Waals surface area contributed by atoms with Crippen LogP contribution in [0, 0.1) is 6.92 Å². The van der Waals surface area contributed by atoms with Crippen LogP contribution in [0.25, 0.3) is 0 Å². The summed E-state index contributed by atoms with van der Waals surface area (Å²) in [4.78, 5) is 6.50. The van der Waals surface area contributed by atoms with Gasteiger partial charge in [-0.15, -0.1) is 0 Å². The topological polar surface area (TPSA) is 54.2 Å². The summed E-state index contributed by atoms with van der Waals surface area (Å²) >= 11 is 0. The Morgan fingerprint density at radius 3 is 2.81 bits per heavy atom. The van der Waals surface area contributed by atoms with Gasteiger partial charge in [-0.25, -0.2) is 4.98 Å². The molecule has 16 heavy (non-hydrogen) atoms. The fourth-order valence-electron chi connectivity index (χ4n) is 1.32. The van der Waals surface area contributed by atoms with Crippen LogP contribution in [-0.4, -0.2) is 36.1 Å². The molecule has 1 aromatic heterocycles. The Morgan fingerprint density at radius 1 is 1.50 bits per heavy atom. The lowest BCUT2D eigenvalue weighted by atomic mass is 10.2. The molecular formula is C12H22N4. The average Bonchev–Trinajstić information content (AvgIpc) is 2.24. The molecule has 0 saturated heterocycles. The molecule has 1 aromatic rings. The molecule has 0 unspecified atom stereocenters. The van der Waals surface area contributed by atoms with Gasteiger partial charge in [-0.05, 0) is 39.4 Å². The molecule has 4 heteroatoms. The van der Waals surface area contributed by atoms with E-state index in [1.54, 1.807) is 6.20 Å². The Hall–Kier alpha value is -1.29. The van der Waals surface area contributed by atoms with Crippen LogP contribution in [0.3, 0.4) is 0 Å². The Labute approximate surface area is 97.9 Å². The zero-order valence-corrected chi connectivity index (χ0v) is 10.6. The summed E-state index contributed by atoms with van der Waals surface area (Å²) in [7, 11) is 2.11. The number of anilines is 2. The maximum absolute atomic E-state index is 5.92. The van der Waals surface area contributed by atoms with E-state index in [0.29, 0.717) is 6.04 Å². The first-order valence-electron chi connectivity index (χ1n) is 5.67. The van der Waals surface area contributed by atoms with Gasteiger partial charge >= 0.3 is 0 Å². The first kappa shape index (κ1) is 12.8. The average molecular weight is 222 g/mol. The highest BCUT2D eigenvalue weighted by Crippen LogP contribution is 2.18. The monoisotopic (exact) mass is 222 g/mol. The van der Waals surface area contributed by atoms with Gasteiger partial charge in [0.15, 0.2) is 0 Å². The van der Waals surface area contributed by atoms with E-state index in [-0.39, 0.29) is 0 Å². The van der Waals surface area contributed by atoms with Crippen molar-refractivity contribution in [1.82, 2.24) is 9.88 Å². The van der Waals surface area contributed by atoms with E-state index in [9.17, 15) is 0 Å². The third-order valence-corrected chi connectivity index (χ3v) is 2.85. The molecule has 0 saturated carbocycles. The first-order valence-corrected chi connectivity index (χ1v) is 5.67. The van der Waals surface area contributed by atoms with E-state index in [2.05, 4.69) is 36.1 Å². The summed E-state index contributed by atoms with van der Waals surface area (Å²) in [5.74, 6) is 0.789. The molecule has 3 N–H and O–H groups in total. The molecule has 0 amide bonds. The normalized spacial score (nSPS) is 11.1. The largest absolute Gasteiger partial charge is 0.396 e. The SMILES string of the molecule is Cc1ccnc(NCCN(C)C(C)C)c1N. The lowest BCUT2D eigenvalue weighted by Crippen LogP contribution is -2.31. The predicted molar refractivity (Wildman–Crippen MR) is 69.6 cm³/mol. The summed E-state index contributed by atoms with van der Waals surface area (Å²) in [6.45, 7) is 8.18. The quantitative estimate of drug-likeness (QED) is 0.796. The molecule has 0 aliphatic heterocycles. The number of nitrogens with zero attached hydrogens (tertiary/aromatic N) is 2. The number of nitrogens with two attached hydrogens (primary N) is 1. The van der Waals surface area contributed by atoms with Crippen LogP contribution in [0.5, 0.6) is 0 Å². The summed E-state index contributed by atoms with van der Waals surface area (Å²) in [6.07, 6.45) is 1.78. The fourth-order valence-corrected chi connectivity index (χ4v) is 1.32. The van der Waals surface area contributed by atoms with Crippen molar-refractivity contribution in [2.24, 2.45) is 0 Å². The minimum atomic E-state index is 0.560. The Kier molecular flexibility index (Phi) is 4.55. The van der Waals surface area contributed by atoms with Gasteiger partial charge in [0, 0.05) is 25.3 Å². The molecule has 0 atom stereocenters. The van der Waals surface area contributed by atoms with Gasteiger partial charge in [0.25, 0.3) is 0 Å².